The van der Waals surface area contributed by atoms with E-state index in [9.17, 15) is 10.1 Å². The van der Waals surface area contributed by atoms with Crippen molar-refractivity contribution in [2.45, 2.75) is 11.9 Å². The van der Waals surface area contributed by atoms with E-state index < -0.39 is 4.92 Å². The minimum absolute atomic E-state index is 0.0825. The molecule has 0 N–H and O–H groups in total. The average molecular weight is 322 g/mol. The summed E-state index contributed by atoms with van der Waals surface area (Å²) in [5.41, 5.74) is 1.75. The third-order valence-electron chi connectivity index (χ3n) is 2.64. The van der Waals surface area contributed by atoms with Gasteiger partial charge in [0.2, 0.25) is 0 Å². The maximum Gasteiger partial charge on any atom is 0.276 e. The molecule has 0 radical (unpaired) electrons. The highest BCUT2D eigenvalue weighted by Gasteiger charge is 2.12. The Kier molecular flexibility index (Phi) is 4.52. The molecule has 0 heterocycles. The Bertz CT molecular complexity index is 586. The van der Waals surface area contributed by atoms with Crippen LogP contribution in [0, 0.1) is 10.1 Å². The van der Waals surface area contributed by atoms with E-state index in [4.69, 9.17) is 4.74 Å². The molecule has 0 amide bonds. The van der Waals surface area contributed by atoms with E-state index in [-0.39, 0.29) is 12.3 Å². The van der Waals surface area contributed by atoms with Gasteiger partial charge in [0.15, 0.2) is 0 Å². The molecule has 0 spiro atoms. The van der Waals surface area contributed by atoms with Crippen LogP contribution in [0.25, 0.3) is 0 Å². The zero-order valence-electron chi connectivity index (χ0n) is 10.1. The second kappa shape index (κ2) is 6.33. The Balaban J connectivity index is 2.12. The molecule has 5 heteroatoms. The van der Waals surface area contributed by atoms with Crippen molar-refractivity contribution < 1.29 is 9.66 Å². The number of alkyl halides is 1. The lowest BCUT2D eigenvalue weighted by molar-refractivity contribution is -0.385. The molecular formula is C14H12BrNO3. The minimum Gasteiger partial charge on any atom is -0.489 e. The molecule has 0 aliphatic carbocycles. The quantitative estimate of drug-likeness (QED) is 0.474. The van der Waals surface area contributed by atoms with E-state index in [1.165, 1.54) is 6.07 Å². The molecule has 2 aromatic carbocycles. The van der Waals surface area contributed by atoms with Crippen LogP contribution in [0.5, 0.6) is 5.75 Å². The van der Waals surface area contributed by atoms with Gasteiger partial charge in [-0.05, 0) is 23.8 Å². The maximum absolute atomic E-state index is 10.9. The molecule has 0 bridgehead atoms. The summed E-state index contributed by atoms with van der Waals surface area (Å²) >= 11 is 3.37. The molecule has 0 unspecified atom stereocenters. The first kappa shape index (κ1) is 13.5. The molecule has 2 rings (SSSR count). The number of halogens is 1. The first-order chi connectivity index (χ1) is 9.20. The fourth-order valence-electron chi connectivity index (χ4n) is 1.69. The predicted octanol–water partition coefficient (Wildman–Crippen LogP) is 4.07. The fourth-order valence-corrected chi connectivity index (χ4v) is 2.04. The Morgan fingerprint density at radius 2 is 1.95 bits per heavy atom. The first-order valence-electron chi connectivity index (χ1n) is 5.70. The van der Waals surface area contributed by atoms with E-state index in [0.717, 1.165) is 10.9 Å². The van der Waals surface area contributed by atoms with Gasteiger partial charge in [-0.15, -0.1) is 0 Å². The number of rotatable bonds is 5. The zero-order chi connectivity index (χ0) is 13.7. The third kappa shape index (κ3) is 3.54. The highest BCUT2D eigenvalue weighted by Crippen LogP contribution is 2.21. The summed E-state index contributed by atoms with van der Waals surface area (Å²) in [7, 11) is 0. The van der Waals surface area contributed by atoms with Crippen LogP contribution in [0.1, 0.15) is 11.1 Å². The standard InChI is InChI=1S/C14H12BrNO3/c15-9-11-4-3-6-13(8-11)19-10-12-5-1-2-7-14(12)16(17)18/h1-8H,9-10H2. The van der Waals surface area contributed by atoms with Gasteiger partial charge in [-0.1, -0.05) is 40.2 Å². The van der Waals surface area contributed by atoms with Crippen LogP contribution in [-0.2, 0) is 11.9 Å². The minimum atomic E-state index is -0.395. The van der Waals surface area contributed by atoms with Gasteiger partial charge in [-0.3, -0.25) is 10.1 Å². The second-order valence-corrected chi connectivity index (χ2v) is 4.52. The SMILES string of the molecule is O=[N+]([O-])c1ccccc1COc1cccc(CBr)c1. The molecule has 0 aliphatic heterocycles. The van der Waals surface area contributed by atoms with Crippen LogP contribution in [0.3, 0.4) is 0 Å². The summed E-state index contributed by atoms with van der Waals surface area (Å²) in [6.07, 6.45) is 0. The monoisotopic (exact) mass is 321 g/mol. The van der Waals surface area contributed by atoms with E-state index in [1.54, 1.807) is 18.2 Å². The van der Waals surface area contributed by atoms with Crippen LogP contribution in [0.15, 0.2) is 48.5 Å². The van der Waals surface area contributed by atoms with Crippen molar-refractivity contribution in [2.75, 3.05) is 0 Å². The van der Waals surface area contributed by atoms with E-state index in [2.05, 4.69) is 15.9 Å². The summed E-state index contributed by atoms with van der Waals surface area (Å²) in [6.45, 7) is 0.183. The third-order valence-corrected chi connectivity index (χ3v) is 3.28. The lowest BCUT2D eigenvalue weighted by atomic mass is 10.2. The number of hydrogen-bond donors (Lipinski definition) is 0. The van der Waals surface area contributed by atoms with Crippen LogP contribution >= 0.6 is 15.9 Å². The lowest BCUT2D eigenvalue weighted by Crippen LogP contribution is -2.00. The van der Waals surface area contributed by atoms with Gasteiger partial charge in [0.05, 0.1) is 10.5 Å². The zero-order valence-corrected chi connectivity index (χ0v) is 11.7. The van der Waals surface area contributed by atoms with Crippen molar-refractivity contribution in [3.63, 3.8) is 0 Å². The molecule has 98 valence electrons. The van der Waals surface area contributed by atoms with Gasteiger partial charge in [-0.2, -0.15) is 0 Å². The lowest BCUT2D eigenvalue weighted by Gasteiger charge is -2.07. The first-order valence-corrected chi connectivity index (χ1v) is 6.83. The summed E-state index contributed by atoms with van der Waals surface area (Å²) in [6, 6.07) is 14.2. The number of para-hydroxylation sites is 1. The van der Waals surface area contributed by atoms with Gasteiger partial charge in [0.1, 0.15) is 12.4 Å². The topological polar surface area (TPSA) is 52.4 Å². The number of nitrogens with zero attached hydrogens (tertiary/aromatic N) is 1. The number of ether oxygens (including phenoxy) is 1. The molecule has 0 aromatic heterocycles. The van der Waals surface area contributed by atoms with Crippen molar-refractivity contribution in [2.24, 2.45) is 0 Å². The van der Waals surface area contributed by atoms with Crippen molar-refractivity contribution in [3.8, 4) is 5.75 Å². The van der Waals surface area contributed by atoms with Crippen LogP contribution in [-0.4, -0.2) is 4.92 Å². The van der Waals surface area contributed by atoms with Crippen LogP contribution < -0.4 is 4.74 Å². The summed E-state index contributed by atoms with van der Waals surface area (Å²) in [5.74, 6) is 0.704. The summed E-state index contributed by atoms with van der Waals surface area (Å²) in [4.78, 5) is 10.5. The van der Waals surface area contributed by atoms with Crippen LogP contribution in [0.4, 0.5) is 5.69 Å². The fraction of sp³-hybridized carbons (Fsp3) is 0.143. The van der Waals surface area contributed by atoms with Gasteiger partial charge in [0.25, 0.3) is 5.69 Å². The van der Waals surface area contributed by atoms with E-state index in [1.807, 2.05) is 24.3 Å². The normalized spacial score (nSPS) is 10.2. The van der Waals surface area contributed by atoms with Crippen molar-refractivity contribution in [1.29, 1.82) is 0 Å². The van der Waals surface area contributed by atoms with Crippen molar-refractivity contribution in [3.05, 3.63) is 69.8 Å². The molecule has 0 atom stereocenters. The van der Waals surface area contributed by atoms with Crippen LogP contribution in [0.2, 0.25) is 0 Å². The molecule has 0 saturated carbocycles. The Labute approximate surface area is 119 Å². The number of nitro groups is 1. The van der Waals surface area contributed by atoms with Crippen molar-refractivity contribution in [1.82, 2.24) is 0 Å². The van der Waals surface area contributed by atoms with Gasteiger partial charge in [-0.25, -0.2) is 0 Å². The molecule has 19 heavy (non-hydrogen) atoms. The predicted molar refractivity (Wildman–Crippen MR) is 76.5 cm³/mol. The molecule has 4 nitrogen and oxygen atoms in total. The number of hydrogen-bond acceptors (Lipinski definition) is 3. The van der Waals surface area contributed by atoms with E-state index in [0.29, 0.717) is 11.3 Å². The van der Waals surface area contributed by atoms with Gasteiger partial charge in [0, 0.05) is 11.4 Å². The molecule has 0 fully saturated rings. The Morgan fingerprint density at radius 1 is 1.16 bits per heavy atom. The maximum atomic E-state index is 10.9. The molecule has 0 aliphatic rings. The highest BCUT2D eigenvalue weighted by molar-refractivity contribution is 9.08. The number of nitro benzene ring substituents is 1. The Morgan fingerprint density at radius 3 is 2.68 bits per heavy atom. The largest absolute Gasteiger partial charge is 0.489 e. The smallest absolute Gasteiger partial charge is 0.276 e. The Hall–Kier alpha value is -1.88. The molecular weight excluding hydrogens is 310 g/mol. The number of benzene rings is 2. The van der Waals surface area contributed by atoms with E-state index >= 15 is 0 Å². The van der Waals surface area contributed by atoms with Gasteiger partial charge >= 0.3 is 0 Å². The molecule has 2 aromatic rings. The van der Waals surface area contributed by atoms with Gasteiger partial charge < -0.3 is 4.74 Å². The molecule has 0 saturated heterocycles. The highest BCUT2D eigenvalue weighted by atomic mass is 79.9. The summed E-state index contributed by atoms with van der Waals surface area (Å²) in [5, 5.41) is 11.6. The van der Waals surface area contributed by atoms with Crippen molar-refractivity contribution >= 4 is 21.6 Å². The second-order valence-electron chi connectivity index (χ2n) is 3.96. The average Bonchev–Trinajstić information content (AvgIpc) is 2.45. The summed E-state index contributed by atoms with van der Waals surface area (Å²) < 4.78 is 5.60.